The van der Waals surface area contributed by atoms with Crippen LogP contribution in [-0.2, 0) is 28.6 Å². The van der Waals surface area contributed by atoms with Crippen LogP contribution in [-0.4, -0.2) is 37.2 Å². The van der Waals surface area contributed by atoms with Gasteiger partial charge in [0, 0.05) is 19.3 Å². The summed E-state index contributed by atoms with van der Waals surface area (Å²) in [6.45, 7) is 6.49. The van der Waals surface area contributed by atoms with Crippen LogP contribution in [0.3, 0.4) is 0 Å². The van der Waals surface area contributed by atoms with Gasteiger partial charge in [0.05, 0.1) is 0 Å². The molecule has 0 aliphatic heterocycles. The SMILES string of the molecule is CC\C=C/C=C\C=C/C=C\C=C\C=C/C=C\CCCCCC(=O)OCC(COC(=O)CCCCCCCCCCCCCCCCC)OC(=O)CCCCCCCCCCCCCCCCCCC. The van der Waals surface area contributed by atoms with Crippen LogP contribution in [0.5, 0.6) is 0 Å². The van der Waals surface area contributed by atoms with E-state index >= 15 is 0 Å². The standard InChI is InChI=1S/C63H108O6/c1-4-7-10-13-16-19-22-25-28-30-31-33-35-38-41-44-47-50-53-56-62(65)68-59-60(58-67-61(64)55-52-49-46-43-40-37-34-27-24-21-18-15-12-9-6-3)69-63(66)57-54-51-48-45-42-39-36-32-29-26-23-20-17-14-11-8-5-2/h7,10,13,16,19,22,25,28,30-31,33,35,38,41,60H,4-6,8-9,11-12,14-15,17-18,20-21,23-24,26-27,29,32,34,36-37,39-40,42-59H2,1-3H3/b10-7-,16-13-,22-19-,28-25-,31-30+,35-33-,41-38-. The Kier molecular flexibility index (Phi) is 54.3. The third-order valence-corrected chi connectivity index (χ3v) is 12.6. The Hall–Kier alpha value is -3.41. The molecule has 1 atom stereocenters. The van der Waals surface area contributed by atoms with Gasteiger partial charge in [0.2, 0.25) is 0 Å². The predicted molar refractivity (Wildman–Crippen MR) is 297 cm³/mol. The number of unbranched alkanes of at least 4 members (excludes halogenated alkanes) is 33. The third kappa shape index (κ3) is 55.4. The molecular weight excluding hydrogens is 853 g/mol. The van der Waals surface area contributed by atoms with E-state index in [1.165, 1.54) is 167 Å². The van der Waals surface area contributed by atoms with Crippen molar-refractivity contribution in [3.8, 4) is 0 Å². The summed E-state index contributed by atoms with van der Waals surface area (Å²) in [5, 5.41) is 0. The molecule has 0 heterocycles. The topological polar surface area (TPSA) is 78.9 Å². The zero-order valence-electron chi connectivity index (χ0n) is 45.3. The van der Waals surface area contributed by atoms with Crippen molar-refractivity contribution in [2.24, 2.45) is 0 Å². The second-order valence-corrected chi connectivity index (χ2v) is 19.4. The molecule has 1 unspecified atom stereocenters. The smallest absolute Gasteiger partial charge is 0.306 e. The lowest BCUT2D eigenvalue weighted by atomic mass is 10.0. The molecule has 69 heavy (non-hydrogen) atoms. The number of hydrogen-bond donors (Lipinski definition) is 0. The summed E-state index contributed by atoms with van der Waals surface area (Å²) in [7, 11) is 0. The minimum absolute atomic E-state index is 0.0878. The van der Waals surface area contributed by atoms with E-state index in [0.29, 0.717) is 19.3 Å². The molecule has 0 saturated carbocycles. The molecule has 0 aliphatic rings. The second kappa shape index (κ2) is 57.2. The molecule has 6 nitrogen and oxygen atoms in total. The normalized spacial score (nSPS) is 12.7. The number of allylic oxidation sites excluding steroid dienone is 14. The Morgan fingerprint density at radius 3 is 0.884 bits per heavy atom. The van der Waals surface area contributed by atoms with Crippen molar-refractivity contribution in [3.63, 3.8) is 0 Å². The van der Waals surface area contributed by atoms with Crippen LogP contribution in [0, 0.1) is 0 Å². The maximum absolute atomic E-state index is 12.9. The molecule has 0 fully saturated rings. The van der Waals surface area contributed by atoms with Gasteiger partial charge in [0.1, 0.15) is 13.2 Å². The van der Waals surface area contributed by atoms with Gasteiger partial charge in [0.25, 0.3) is 0 Å². The first-order valence-corrected chi connectivity index (χ1v) is 29.2. The Bertz CT molecular complexity index is 1330. The molecule has 0 N–H and O–H groups in total. The number of hydrogen-bond acceptors (Lipinski definition) is 6. The van der Waals surface area contributed by atoms with Crippen LogP contribution in [0.25, 0.3) is 0 Å². The maximum atomic E-state index is 12.9. The maximum Gasteiger partial charge on any atom is 0.306 e. The van der Waals surface area contributed by atoms with Crippen molar-refractivity contribution >= 4 is 17.9 Å². The lowest BCUT2D eigenvalue weighted by molar-refractivity contribution is -0.167. The third-order valence-electron chi connectivity index (χ3n) is 12.6. The van der Waals surface area contributed by atoms with Gasteiger partial charge in [-0.1, -0.05) is 305 Å². The van der Waals surface area contributed by atoms with Gasteiger partial charge in [-0.15, -0.1) is 0 Å². The number of carbonyl (C=O) groups is 3. The second-order valence-electron chi connectivity index (χ2n) is 19.4. The first kappa shape index (κ1) is 65.6. The molecule has 0 amide bonds. The van der Waals surface area contributed by atoms with Crippen LogP contribution in [0.1, 0.15) is 278 Å². The largest absolute Gasteiger partial charge is 0.462 e. The van der Waals surface area contributed by atoms with Crippen LogP contribution >= 0.6 is 0 Å². The highest BCUT2D eigenvalue weighted by atomic mass is 16.6. The minimum Gasteiger partial charge on any atom is -0.462 e. The molecule has 0 spiro atoms. The molecule has 0 rings (SSSR count). The molecule has 396 valence electrons. The van der Waals surface area contributed by atoms with E-state index in [2.05, 4.69) is 39.0 Å². The molecular formula is C63H108O6. The summed E-state index contributed by atoms with van der Waals surface area (Å²) >= 11 is 0. The van der Waals surface area contributed by atoms with Crippen LogP contribution in [0.4, 0.5) is 0 Å². The molecule has 0 aromatic rings. The monoisotopic (exact) mass is 961 g/mol. The molecule has 0 radical (unpaired) electrons. The Morgan fingerprint density at radius 1 is 0.304 bits per heavy atom. The Morgan fingerprint density at radius 2 is 0.565 bits per heavy atom. The van der Waals surface area contributed by atoms with Gasteiger partial charge in [-0.05, 0) is 38.5 Å². The van der Waals surface area contributed by atoms with E-state index in [4.69, 9.17) is 14.2 Å². The number of esters is 3. The molecule has 0 saturated heterocycles. The van der Waals surface area contributed by atoms with E-state index in [1.54, 1.807) is 0 Å². The summed E-state index contributed by atoms with van der Waals surface area (Å²) in [6.07, 6.45) is 74.2. The summed E-state index contributed by atoms with van der Waals surface area (Å²) in [5.74, 6) is -0.922. The molecule has 0 aromatic heterocycles. The zero-order chi connectivity index (χ0) is 50.0. The lowest BCUT2D eigenvalue weighted by Crippen LogP contribution is -2.30. The minimum atomic E-state index is -0.793. The Balaban J connectivity index is 4.46. The lowest BCUT2D eigenvalue weighted by Gasteiger charge is -2.18. The fourth-order valence-electron chi connectivity index (χ4n) is 8.25. The number of rotatable bonds is 52. The van der Waals surface area contributed by atoms with Gasteiger partial charge in [-0.25, -0.2) is 0 Å². The van der Waals surface area contributed by atoms with Gasteiger partial charge >= 0.3 is 17.9 Å². The van der Waals surface area contributed by atoms with Crippen LogP contribution < -0.4 is 0 Å². The summed E-state index contributed by atoms with van der Waals surface area (Å²) in [5.41, 5.74) is 0. The van der Waals surface area contributed by atoms with E-state index in [9.17, 15) is 14.4 Å². The number of ether oxygens (including phenoxy) is 3. The Labute approximate surface area is 426 Å². The van der Waals surface area contributed by atoms with E-state index in [-0.39, 0.29) is 31.1 Å². The van der Waals surface area contributed by atoms with Crippen molar-refractivity contribution in [1.29, 1.82) is 0 Å². The fourth-order valence-corrected chi connectivity index (χ4v) is 8.25. The van der Waals surface area contributed by atoms with Gasteiger partial charge < -0.3 is 14.2 Å². The van der Waals surface area contributed by atoms with Crippen molar-refractivity contribution in [3.05, 3.63) is 85.1 Å². The predicted octanol–water partition coefficient (Wildman–Crippen LogP) is 19.5. The van der Waals surface area contributed by atoms with Crippen molar-refractivity contribution in [2.75, 3.05) is 13.2 Å². The molecule has 0 bridgehead atoms. The highest BCUT2D eigenvalue weighted by molar-refractivity contribution is 5.71. The van der Waals surface area contributed by atoms with Crippen molar-refractivity contribution in [2.45, 2.75) is 284 Å². The molecule has 0 aromatic carbocycles. The van der Waals surface area contributed by atoms with Crippen LogP contribution in [0.15, 0.2) is 85.1 Å². The van der Waals surface area contributed by atoms with Crippen molar-refractivity contribution in [1.82, 2.24) is 0 Å². The highest BCUT2D eigenvalue weighted by Gasteiger charge is 2.19. The van der Waals surface area contributed by atoms with E-state index in [0.717, 1.165) is 70.6 Å². The van der Waals surface area contributed by atoms with Gasteiger partial charge in [-0.2, -0.15) is 0 Å². The highest BCUT2D eigenvalue weighted by Crippen LogP contribution is 2.17. The zero-order valence-corrected chi connectivity index (χ0v) is 45.3. The average Bonchev–Trinajstić information content (AvgIpc) is 3.35. The average molecular weight is 962 g/mol. The summed E-state index contributed by atoms with van der Waals surface area (Å²) in [4.78, 5) is 38.2. The van der Waals surface area contributed by atoms with Crippen LogP contribution in [0.2, 0.25) is 0 Å². The fraction of sp³-hybridized carbons (Fsp3) is 0.730. The first-order chi connectivity index (χ1) is 34.0. The van der Waals surface area contributed by atoms with Gasteiger partial charge in [-0.3, -0.25) is 14.4 Å². The molecule has 6 heteroatoms. The summed E-state index contributed by atoms with van der Waals surface area (Å²) < 4.78 is 16.9. The molecule has 0 aliphatic carbocycles. The quantitative estimate of drug-likeness (QED) is 0.0262. The number of carbonyl (C=O) groups excluding carboxylic acids is 3. The van der Waals surface area contributed by atoms with E-state index < -0.39 is 6.10 Å². The van der Waals surface area contributed by atoms with Crippen molar-refractivity contribution < 1.29 is 28.6 Å². The van der Waals surface area contributed by atoms with Gasteiger partial charge in [0.15, 0.2) is 6.10 Å². The summed E-state index contributed by atoms with van der Waals surface area (Å²) in [6, 6.07) is 0. The first-order valence-electron chi connectivity index (χ1n) is 29.2. The van der Waals surface area contributed by atoms with E-state index in [1.807, 2.05) is 66.8 Å².